The van der Waals surface area contributed by atoms with Crippen molar-refractivity contribution in [2.24, 2.45) is 0 Å². The van der Waals surface area contributed by atoms with Crippen molar-refractivity contribution < 1.29 is 0 Å². The van der Waals surface area contributed by atoms with E-state index in [0.717, 1.165) is 45.5 Å². The normalized spacial score (nSPS) is 11.1. The summed E-state index contributed by atoms with van der Waals surface area (Å²) in [6.07, 6.45) is 0. The van der Waals surface area contributed by atoms with Crippen molar-refractivity contribution >= 4 is 172 Å². The van der Waals surface area contributed by atoms with Crippen molar-refractivity contribution in [2.45, 2.75) is 0 Å². The fourth-order valence-corrected chi connectivity index (χ4v) is 19.2. The number of thiophene rings is 4. The maximum absolute atomic E-state index is 3.50. The average Bonchev–Trinajstić information content (AvgIpc) is 1.62. The van der Waals surface area contributed by atoms with E-state index in [4.69, 9.17) is 0 Å². The molecule has 0 radical (unpaired) electrons. The van der Waals surface area contributed by atoms with Crippen LogP contribution in [0.4, 0.5) is 45.5 Å². The molecule has 524 valence electrons. The fourth-order valence-electron chi connectivity index (χ4n) is 14.6. The number of fused-ring (bicyclic) bond motifs is 12. The van der Waals surface area contributed by atoms with Crippen molar-refractivity contribution in [1.29, 1.82) is 0 Å². The van der Waals surface area contributed by atoms with Crippen LogP contribution in [-0.4, -0.2) is 0 Å². The Morgan fingerprint density at radius 2 is 0.436 bits per heavy atom. The molecular formula is C102H72N4S4. The molecule has 0 amide bonds. The first-order valence-electron chi connectivity index (χ1n) is 36.9. The van der Waals surface area contributed by atoms with Crippen molar-refractivity contribution in [3.05, 3.63) is 413 Å². The van der Waals surface area contributed by atoms with Crippen LogP contribution in [0.15, 0.2) is 413 Å². The van der Waals surface area contributed by atoms with Gasteiger partial charge in [0, 0.05) is 126 Å². The molecule has 0 fully saturated rings. The van der Waals surface area contributed by atoms with E-state index >= 15 is 0 Å². The summed E-state index contributed by atoms with van der Waals surface area (Å²) in [4.78, 5) is 0. The summed E-state index contributed by atoms with van der Waals surface area (Å²) in [6, 6.07) is 146. The molecule has 0 atom stereocenters. The van der Waals surface area contributed by atoms with Crippen LogP contribution >= 0.6 is 45.3 Å². The van der Waals surface area contributed by atoms with E-state index in [0.29, 0.717) is 0 Å². The highest BCUT2D eigenvalue weighted by Gasteiger charge is 2.16. The van der Waals surface area contributed by atoms with Crippen LogP contribution in [0.3, 0.4) is 0 Å². The molecule has 4 nitrogen and oxygen atoms in total. The van der Waals surface area contributed by atoms with Gasteiger partial charge in [0.2, 0.25) is 0 Å². The van der Waals surface area contributed by atoms with E-state index in [1.165, 1.54) is 136 Å². The van der Waals surface area contributed by atoms with Crippen LogP contribution in [0.25, 0.3) is 136 Å². The van der Waals surface area contributed by atoms with Crippen molar-refractivity contribution in [3.8, 4) is 55.6 Å². The Labute approximate surface area is 655 Å². The Balaban J connectivity index is 0.000000103. The Kier molecular flexibility index (Phi) is 19.8. The van der Waals surface area contributed by atoms with Gasteiger partial charge in [0.15, 0.2) is 0 Å². The maximum Gasteiger partial charge on any atom is 0.0433 e. The Morgan fingerprint density at radius 1 is 0.145 bits per heavy atom. The molecule has 4 aromatic heterocycles. The maximum atomic E-state index is 3.50. The summed E-state index contributed by atoms with van der Waals surface area (Å²) in [7, 11) is 0. The van der Waals surface area contributed by atoms with Gasteiger partial charge in [-0.15, -0.1) is 45.3 Å². The van der Waals surface area contributed by atoms with E-state index in [1.54, 1.807) is 0 Å². The quantitative estimate of drug-likeness (QED) is 0.0929. The summed E-state index contributed by atoms with van der Waals surface area (Å²) < 4.78 is 10.7. The number of nitrogens with one attached hydrogen (secondary N) is 4. The van der Waals surface area contributed by atoms with Gasteiger partial charge in [-0.3, -0.25) is 0 Å². The molecule has 0 aliphatic heterocycles. The highest BCUT2D eigenvalue weighted by Crippen LogP contribution is 2.45. The predicted molar refractivity (Wildman–Crippen MR) is 483 cm³/mol. The molecule has 4 N–H and O–H groups in total. The summed E-state index contributed by atoms with van der Waals surface area (Å²) in [5.41, 5.74) is 21.3. The van der Waals surface area contributed by atoms with E-state index < -0.39 is 0 Å². The molecule has 0 aliphatic carbocycles. The molecule has 17 aromatic carbocycles. The lowest BCUT2D eigenvalue weighted by Crippen LogP contribution is -1.90. The number of anilines is 8. The number of hydrogen-bond donors (Lipinski definition) is 4. The minimum Gasteiger partial charge on any atom is -0.356 e. The largest absolute Gasteiger partial charge is 0.356 e. The van der Waals surface area contributed by atoms with E-state index in [1.807, 2.05) is 118 Å². The first-order valence-corrected chi connectivity index (χ1v) is 40.2. The summed E-state index contributed by atoms with van der Waals surface area (Å²) >= 11 is 7.46. The van der Waals surface area contributed by atoms with Gasteiger partial charge in [0.1, 0.15) is 0 Å². The molecule has 4 heterocycles. The molecule has 0 saturated heterocycles. The SMILES string of the molecule is c1ccc(Nc2ccc(-c3cccc4c3sc3ccccc34)cc2)cc1.c1ccc(Nc2cccc(-c3ccc4sc5ccccc5c4c3)c2)cc1.c1ccc(Nc2cccc(-c3cccc(-c4cccc5sc6ccccc6c45)c3)c2)cc1.c1ccc(Nc2cccc(-c3cccc4sc5ccccc5c34)c2)cc1. The molecule has 0 bridgehead atoms. The zero-order valence-electron chi connectivity index (χ0n) is 59.9. The molecule has 110 heavy (non-hydrogen) atoms. The topological polar surface area (TPSA) is 48.1 Å². The first-order chi connectivity index (χ1) is 54.5. The van der Waals surface area contributed by atoms with Crippen LogP contribution in [0.1, 0.15) is 0 Å². The lowest BCUT2D eigenvalue weighted by atomic mass is 9.96. The fraction of sp³-hybridized carbons (Fsp3) is 0. The third kappa shape index (κ3) is 15.0. The van der Waals surface area contributed by atoms with E-state index in [2.05, 4.69) is 361 Å². The van der Waals surface area contributed by atoms with Crippen molar-refractivity contribution in [3.63, 3.8) is 0 Å². The van der Waals surface area contributed by atoms with Gasteiger partial charge in [-0.2, -0.15) is 0 Å². The molecule has 8 heteroatoms. The molecule has 0 aliphatic rings. The van der Waals surface area contributed by atoms with Gasteiger partial charge < -0.3 is 21.3 Å². The first kappa shape index (κ1) is 68.6. The lowest BCUT2D eigenvalue weighted by Gasteiger charge is -2.11. The van der Waals surface area contributed by atoms with Crippen LogP contribution in [-0.2, 0) is 0 Å². The van der Waals surface area contributed by atoms with Gasteiger partial charge in [0.25, 0.3) is 0 Å². The van der Waals surface area contributed by atoms with Gasteiger partial charge in [0.05, 0.1) is 0 Å². The number of benzene rings is 17. The van der Waals surface area contributed by atoms with Gasteiger partial charge >= 0.3 is 0 Å². The Bertz CT molecular complexity index is 6780. The smallest absolute Gasteiger partial charge is 0.0433 e. The monoisotopic (exact) mass is 1480 g/mol. The van der Waals surface area contributed by atoms with Crippen molar-refractivity contribution in [1.82, 2.24) is 0 Å². The molecule has 0 unspecified atom stereocenters. The van der Waals surface area contributed by atoms with Crippen molar-refractivity contribution in [2.75, 3.05) is 21.3 Å². The van der Waals surface area contributed by atoms with Gasteiger partial charge in [-0.1, -0.05) is 261 Å². The molecule has 21 rings (SSSR count). The Morgan fingerprint density at radius 3 is 0.936 bits per heavy atom. The number of para-hydroxylation sites is 4. The zero-order valence-corrected chi connectivity index (χ0v) is 63.2. The van der Waals surface area contributed by atoms with E-state index in [9.17, 15) is 0 Å². The Hall–Kier alpha value is -13.2. The minimum absolute atomic E-state index is 1.09. The second-order valence-corrected chi connectivity index (χ2v) is 31.3. The minimum atomic E-state index is 1.09. The van der Waals surface area contributed by atoms with Crippen LogP contribution in [0.5, 0.6) is 0 Å². The standard InChI is InChI=1S/C30H21NS.3C24H17NS/c1-2-12-24(13-3-1)31-25-14-7-10-22(20-25)21-9-6-11-23(19-21)26-16-8-18-29-30(26)27-15-4-5-17-28(27)32-29;1-2-9-18(10-3-1)25-19-11-6-8-17(16-19)20-13-7-15-23-24(20)21-12-4-5-14-22(21)26-23;1-2-8-19(9-3-1)25-20-10-6-7-17(15-20)18-13-14-24-22(16-18)21-11-4-5-12-23(21)26-24;1-2-7-18(8-3-1)25-19-15-13-17(14-16-19)20-10-6-11-22-21-9-4-5-12-23(21)26-24(20)22/h1-20,31H;3*1-16,25H. The highest BCUT2D eigenvalue weighted by atomic mass is 32.1. The zero-order chi connectivity index (χ0) is 73.4. The predicted octanol–water partition coefficient (Wildman–Crippen LogP) is 31.5. The van der Waals surface area contributed by atoms with Crippen LogP contribution < -0.4 is 21.3 Å². The van der Waals surface area contributed by atoms with Crippen LogP contribution in [0, 0.1) is 0 Å². The second-order valence-electron chi connectivity index (χ2n) is 27.0. The van der Waals surface area contributed by atoms with E-state index in [-0.39, 0.29) is 0 Å². The molecular weight excluding hydrogens is 1410 g/mol. The third-order valence-electron chi connectivity index (χ3n) is 19.8. The number of hydrogen-bond acceptors (Lipinski definition) is 8. The molecule has 0 spiro atoms. The molecule has 21 aromatic rings. The average molecular weight is 1480 g/mol. The second kappa shape index (κ2) is 31.7. The van der Waals surface area contributed by atoms with Gasteiger partial charge in [-0.05, 0) is 207 Å². The summed E-state index contributed by atoms with van der Waals surface area (Å²) in [6.45, 7) is 0. The lowest BCUT2D eigenvalue weighted by molar-refractivity contribution is 1.54. The van der Waals surface area contributed by atoms with Gasteiger partial charge in [-0.25, -0.2) is 0 Å². The summed E-state index contributed by atoms with van der Waals surface area (Å²) in [5.74, 6) is 0. The molecule has 0 saturated carbocycles. The third-order valence-corrected chi connectivity index (χ3v) is 24.4. The highest BCUT2D eigenvalue weighted by molar-refractivity contribution is 7.27. The van der Waals surface area contributed by atoms with Crippen LogP contribution in [0.2, 0.25) is 0 Å². The number of rotatable bonds is 13. The summed E-state index contributed by atoms with van der Waals surface area (Å²) in [5, 5.41) is 24.7.